The Morgan fingerprint density at radius 3 is 2.45 bits per heavy atom. The Balaban J connectivity index is 1.25. The monoisotopic (exact) mass is 546 g/mol. The Kier molecular flexibility index (Phi) is 8.44. The fourth-order valence-corrected chi connectivity index (χ4v) is 4.88. The van der Waals surface area contributed by atoms with Crippen LogP contribution in [0, 0.1) is 11.3 Å². The molecule has 0 fully saturated rings. The van der Waals surface area contributed by atoms with E-state index in [0.717, 1.165) is 28.3 Å². The van der Waals surface area contributed by atoms with E-state index in [1.165, 1.54) is 11.8 Å². The second-order valence-electron chi connectivity index (χ2n) is 8.84. The van der Waals surface area contributed by atoms with Crippen LogP contribution in [0.1, 0.15) is 16.7 Å². The van der Waals surface area contributed by atoms with Crippen LogP contribution in [0.3, 0.4) is 0 Å². The van der Waals surface area contributed by atoms with Crippen LogP contribution >= 0.6 is 11.8 Å². The van der Waals surface area contributed by atoms with Crippen LogP contribution in [0.2, 0.25) is 0 Å². The average Bonchev–Trinajstić information content (AvgIpc) is 2.99. The van der Waals surface area contributed by atoms with E-state index in [-0.39, 0.29) is 5.56 Å². The van der Waals surface area contributed by atoms with Gasteiger partial charge in [-0.25, -0.2) is 4.98 Å². The lowest BCUT2D eigenvalue weighted by Crippen LogP contribution is -2.14. The van der Waals surface area contributed by atoms with E-state index in [4.69, 9.17) is 9.47 Å². The minimum atomic E-state index is -0.466. The number of nitriles is 1. The molecule has 0 atom stereocenters. The van der Waals surface area contributed by atoms with Gasteiger partial charge in [0.25, 0.3) is 5.56 Å². The Morgan fingerprint density at radius 1 is 0.875 bits per heavy atom. The van der Waals surface area contributed by atoms with Crippen LogP contribution in [0.15, 0.2) is 113 Å². The zero-order chi connectivity index (χ0) is 27.7. The normalized spacial score (nSPS) is 10.5. The fraction of sp³-hybridized carbons (Fsp3) is 0.0938. The highest BCUT2D eigenvalue weighted by atomic mass is 32.2. The first-order chi connectivity index (χ1) is 19.6. The van der Waals surface area contributed by atoms with Crippen molar-refractivity contribution < 1.29 is 9.47 Å². The second kappa shape index (κ2) is 12.7. The minimum Gasteiger partial charge on any atom is -0.497 e. The summed E-state index contributed by atoms with van der Waals surface area (Å²) >= 11 is 1.40. The van der Waals surface area contributed by atoms with Gasteiger partial charge in [0.1, 0.15) is 28.9 Å². The molecule has 8 heteroatoms. The summed E-state index contributed by atoms with van der Waals surface area (Å²) < 4.78 is 11.2. The third kappa shape index (κ3) is 6.70. The van der Waals surface area contributed by atoms with Crippen molar-refractivity contribution in [1.82, 2.24) is 9.97 Å². The third-order valence-corrected chi connectivity index (χ3v) is 6.97. The molecule has 0 amide bonds. The Bertz CT molecular complexity index is 1710. The molecule has 2 N–H and O–H groups in total. The average molecular weight is 547 g/mol. The summed E-state index contributed by atoms with van der Waals surface area (Å²) in [5, 5.41) is 13.5. The van der Waals surface area contributed by atoms with Crippen LogP contribution < -0.4 is 20.3 Å². The van der Waals surface area contributed by atoms with Gasteiger partial charge in [0, 0.05) is 23.5 Å². The first-order valence-corrected chi connectivity index (χ1v) is 13.6. The molecular formula is C32H26N4O3S. The summed E-state index contributed by atoms with van der Waals surface area (Å²) in [5.74, 6) is 2.79. The number of aromatic nitrogens is 2. The van der Waals surface area contributed by atoms with Crippen molar-refractivity contribution in [2.75, 3.05) is 12.4 Å². The molecule has 5 rings (SSSR count). The maximum atomic E-state index is 12.6. The Hall–Kier alpha value is -5.00. The molecule has 5 aromatic rings. The standard InChI is InChI=1S/C32H26N4O3S/c1-38-27-14-7-10-24(18-27)30-29(19-33)31(37)36-32(35-30)40-21-23-9-5-11-25(16-23)34-20-22-8-6-15-28(17-22)39-26-12-3-2-4-13-26/h2-18,34H,20-21H2,1H3,(H,35,36,37). The summed E-state index contributed by atoms with van der Waals surface area (Å²) in [6.45, 7) is 0.636. The van der Waals surface area contributed by atoms with Crippen molar-refractivity contribution in [3.63, 3.8) is 0 Å². The number of nitrogens with one attached hydrogen (secondary N) is 2. The Labute approximate surface area is 236 Å². The van der Waals surface area contributed by atoms with E-state index in [1.807, 2.05) is 72.8 Å². The smallest absolute Gasteiger partial charge is 0.270 e. The molecule has 1 heterocycles. The maximum Gasteiger partial charge on any atom is 0.270 e. The van der Waals surface area contributed by atoms with E-state index in [2.05, 4.69) is 27.4 Å². The molecule has 0 radical (unpaired) electrons. The number of rotatable bonds is 10. The molecule has 0 unspecified atom stereocenters. The molecule has 0 aliphatic carbocycles. The number of benzene rings is 4. The first kappa shape index (κ1) is 26.6. The van der Waals surface area contributed by atoms with Gasteiger partial charge in [-0.15, -0.1) is 0 Å². The molecule has 7 nitrogen and oxygen atoms in total. The largest absolute Gasteiger partial charge is 0.497 e. The maximum absolute atomic E-state index is 12.6. The summed E-state index contributed by atoms with van der Waals surface area (Å²) in [6, 6.07) is 34.9. The predicted octanol–water partition coefficient (Wildman–Crippen LogP) is 7.01. The third-order valence-electron chi connectivity index (χ3n) is 6.03. The molecule has 0 spiro atoms. The zero-order valence-corrected chi connectivity index (χ0v) is 22.6. The van der Waals surface area contributed by atoms with Crippen molar-refractivity contribution in [3.05, 3.63) is 130 Å². The van der Waals surface area contributed by atoms with Gasteiger partial charge in [-0.3, -0.25) is 4.79 Å². The van der Waals surface area contributed by atoms with E-state index in [1.54, 1.807) is 31.4 Å². The van der Waals surface area contributed by atoms with Crippen molar-refractivity contribution >= 4 is 17.4 Å². The molecule has 1 aromatic heterocycles. The molecule has 4 aromatic carbocycles. The number of para-hydroxylation sites is 1. The van der Waals surface area contributed by atoms with E-state index >= 15 is 0 Å². The van der Waals surface area contributed by atoms with Crippen LogP contribution in [0.5, 0.6) is 17.2 Å². The zero-order valence-electron chi connectivity index (χ0n) is 21.8. The molecule has 198 valence electrons. The highest BCUT2D eigenvalue weighted by Gasteiger charge is 2.14. The van der Waals surface area contributed by atoms with Gasteiger partial charge in [-0.2, -0.15) is 5.26 Å². The van der Waals surface area contributed by atoms with Crippen LogP contribution in [-0.4, -0.2) is 17.1 Å². The van der Waals surface area contributed by atoms with Crippen molar-refractivity contribution in [1.29, 1.82) is 5.26 Å². The van der Waals surface area contributed by atoms with Gasteiger partial charge in [0.15, 0.2) is 5.16 Å². The van der Waals surface area contributed by atoms with E-state index in [0.29, 0.717) is 34.5 Å². The fourth-order valence-electron chi connectivity index (χ4n) is 4.07. The van der Waals surface area contributed by atoms with Gasteiger partial charge >= 0.3 is 0 Å². The number of nitrogens with zero attached hydrogens (tertiary/aromatic N) is 2. The van der Waals surface area contributed by atoms with Gasteiger partial charge in [0.2, 0.25) is 0 Å². The molecule has 0 bridgehead atoms. The van der Waals surface area contributed by atoms with Crippen LogP contribution in [0.4, 0.5) is 5.69 Å². The second-order valence-corrected chi connectivity index (χ2v) is 9.81. The van der Waals surface area contributed by atoms with Crippen molar-refractivity contribution in [2.24, 2.45) is 0 Å². The summed E-state index contributed by atoms with van der Waals surface area (Å²) in [4.78, 5) is 20.0. The molecule has 0 saturated heterocycles. The Morgan fingerprint density at radius 2 is 1.62 bits per heavy atom. The van der Waals surface area contributed by atoms with E-state index in [9.17, 15) is 10.1 Å². The van der Waals surface area contributed by atoms with Gasteiger partial charge < -0.3 is 19.8 Å². The SMILES string of the molecule is COc1cccc(-c2nc(SCc3cccc(NCc4cccc(Oc5ccccc5)c4)c3)[nH]c(=O)c2C#N)c1. The number of hydrogen-bond donors (Lipinski definition) is 2. The van der Waals surface area contributed by atoms with Gasteiger partial charge in [0.05, 0.1) is 12.8 Å². The highest BCUT2D eigenvalue weighted by molar-refractivity contribution is 7.98. The first-order valence-electron chi connectivity index (χ1n) is 12.6. The molecule has 0 aliphatic heterocycles. The number of ether oxygens (including phenoxy) is 2. The lowest BCUT2D eigenvalue weighted by molar-refractivity contribution is 0.415. The van der Waals surface area contributed by atoms with Crippen LogP contribution in [0.25, 0.3) is 11.3 Å². The predicted molar refractivity (Wildman–Crippen MR) is 158 cm³/mol. The molecule has 40 heavy (non-hydrogen) atoms. The van der Waals surface area contributed by atoms with Gasteiger partial charge in [-0.05, 0) is 59.7 Å². The van der Waals surface area contributed by atoms with Crippen molar-refractivity contribution in [2.45, 2.75) is 17.5 Å². The summed E-state index contributed by atoms with van der Waals surface area (Å²) in [7, 11) is 1.57. The minimum absolute atomic E-state index is 0.0259. The number of aromatic amines is 1. The summed E-state index contributed by atoms with van der Waals surface area (Å²) in [5.41, 5.74) is 3.62. The lowest BCUT2D eigenvalue weighted by Gasteiger charge is -2.11. The molecular weight excluding hydrogens is 520 g/mol. The number of methoxy groups -OCH3 is 1. The van der Waals surface area contributed by atoms with Crippen LogP contribution in [-0.2, 0) is 12.3 Å². The van der Waals surface area contributed by atoms with E-state index < -0.39 is 5.56 Å². The number of anilines is 1. The number of H-pyrrole nitrogens is 1. The summed E-state index contributed by atoms with van der Waals surface area (Å²) in [6.07, 6.45) is 0. The van der Waals surface area contributed by atoms with Gasteiger partial charge in [-0.1, -0.05) is 66.4 Å². The number of hydrogen-bond acceptors (Lipinski definition) is 7. The molecule has 0 aliphatic rings. The number of thioether (sulfide) groups is 1. The topological polar surface area (TPSA) is 100 Å². The van der Waals surface area contributed by atoms with Crippen molar-refractivity contribution in [3.8, 4) is 34.6 Å². The quantitative estimate of drug-likeness (QED) is 0.143. The lowest BCUT2D eigenvalue weighted by atomic mass is 10.1. The highest BCUT2D eigenvalue weighted by Crippen LogP contribution is 2.27. The molecule has 0 saturated carbocycles.